The van der Waals surface area contributed by atoms with Crippen molar-refractivity contribution in [1.29, 1.82) is 0 Å². The standard InChI is InChI=1S/C23H18ClF3N2O4/c1-32-20-17(11-13-3-6-15(7-4-13)23(25,26)27)19(24)16-12-14(5-8-18(16)28-20)21(30)33-22(31)29-9-2-10-29/h3-8,12H,2,9-11H2,1H3. The van der Waals surface area contributed by atoms with Gasteiger partial charge in [-0.3, -0.25) is 0 Å². The van der Waals surface area contributed by atoms with E-state index in [1.807, 2.05) is 0 Å². The Morgan fingerprint density at radius 1 is 1.12 bits per heavy atom. The van der Waals surface area contributed by atoms with Gasteiger partial charge < -0.3 is 14.4 Å². The molecule has 2 aromatic carbocycles. The van der Waals surface area contributed by atoms with Crippen LogP contribution in [-0.4, -0.2) is 42.1 Å². The highest BCUT2D eigenvalue weighted by Gasteiger charge is 2.30. The molecule has 3 aromatic rings. The number of rotatable bonds is 4. The van der Waals surface area contributed by atoms with E-state index in [0.29, 0.717) is 35.1 Å². The van der Waals surface area contributed by atoms with Gasteiger partial charge in [0, 0.05) is 30.5 Å². The first kappa shape index (κ1) is 22.8. The molecule has 0 N–H and O–H groups in total. The molecule has 33 heavy (non-hydrogen) atoms. The van der Waals surface area contributed by atoms with Crippen LogP contribution in [0.5, 0.6) is 5.88 Å². The maximum absolute atomic E-state index is 12.8. The molecule has 172 valence electrons. The van der Waals surface area contributed by atoms with Gasteiger partial charge in [-0.15, -0.1) is 0 Å². The van der Waals surface area contributed by atoms with E-state index in [9.17, 15) is 22.8 Å². The molecule has 0 bridgehead atoms. The Morgan fingerprint density at radius 2 is 1.82 bits per heavy atom. The molecule has 1 aliphatic rings. The zero-order valence-electron chi connectivity index (χ0n) is 17.4. The molecule has 1 aliphatic heterocycles. The van der Waals surface area contributed by atoms with Gasteiger partial charge in [0.2, 0.25) is 5.88 Å². The summed E-state index contributed by atoms with van der Waals surface area (Å²) in [7, 11) is 1.41. The number of ether oxygens (including phenoxy) is 2. The fraction of sp³-hybridized carbons (Fsp3) is 0.261. The quantitative estimate of drug-likeness (QED) is 0.366. The average Bonchev–Trinajstić information content (AvgIpc) is 2.73. The molecule has 2 heterocycles. The third-order valence-electron chi connectivity index (χ3n) is 5.36. The Morgan fingerprint density at radius 3 is 2.39 bits per heavy atom. The minimum absolute atomic E-state index is 0.116. The number of methoxy groups -OCH3 is 1. The first-order chi connectivity index (χ1) is 15.7. The Kier molecular flexibility index (Phi) is 6.16. The molecule has 0 saturated carbocycles. The molecule has 4 rings (SSSR count). The lowest BCUT2D eigenvalue weighted by Gasteiger charge is -2.29. The van der Waals surface area contributed by atoms with Crippen LogP contribution in [0.25, 0.3) is 10.9 Å². The number of benzene rings is 2. The Bertz CT molecular complexity index is 1230. The summed E-state index contributed by atoms with van der Waals surface area (Å²) < 4.78 is 48.8. The molecule has 1 fully saturated rings. The number of carbonyl (C=O) groups is 2. The Hall–Kier alpha value is -3.33. The molecule has 0 unspecified atom stereocenters. The van der Waals surface area contributed by atoms with Gasteiger partial charge in [0.15, 0.2) is 0 Å². The molecule has 0 aliphatic carbocycles. The first-order valence-corrected chi connectivity index (χ1v) is 10.4. The molecule has 10 heteroatoms. The van der Waals surface area contributed by atoms with E-state index < -0.39 is 23.8 Å². The summed E-state index contributed by atoms with van der Waals surface area (Å²) >= 11 is 6.62. The number of pyridine rings is 1. The summed E-state index contributed by atoms with van der Waals surface area (Å²) in [6.07, 6.45) is -4.11. The van der Waals surface area contributed by atoms with Crippen LogP contribution in [0.4, 0.5) is 18.0 Å². The summed E-state index contributed by atoms with van der Waals surface area (Å²) in [5.74, 6) is -0.597. The molecule has 1 saturated heterocycles. The van der Waals surface area contributed by atoms with Crippen molar-refractivity contribution in [2.75, 3.05) is 20.2 Å². The van der Waals surface area contributed by atoms with Crippen molar-refractivity contribution in [2.24, 2.45) is 0 Å². The Balaban J connectivity index is 1.65. The maximum atomic E-state index is 12.8. The molecule has 1 aromatic heterocycles. The topological polar surface area (TPSA) is 68.7 Å². The van der Waals surface area contributed by atoms with Crippen LogP contribution in [0.1, 0.15) is 33.5 Å². The second-order valence-corrected chi connectivity index (χ2v) is 7.89. The fourth-order valence-electron chi connectivity index (χ4n) is 3.41. The van der Waals surface area contributed by atoms with Gasteiger partial charge in [-0.1, -0.05) is 23.7 Å². The van der Waals surface area contributed by atoms with Crippen LogP contribution in [-0.2, 0) is 17.3 Å². The summed E-state index contributed by atoms with van der Waals surface area (Å²) in [6.45, 7) is 1.10. The number of fused-ring (bicyclic) bond motifs is 1. The van der Waals surface area contributed by atoms with Crippen LogP contribution < -0.4 is 4.74 Å². The van der Waals surface area contributed by atoms with E-state index in [1.165, 1.54) is 36.3 Å². The number of likely N-dealkylation sites (tertiary alicyclic amines) is 1. The number of aromatic nitrogens is 1. The lowest BCUT2D eigenvalue weighted by Crippen LogP contribution is -2.43. The van der Waals surface area contributed by atoms with Crippen LogP contribution in [0.15, 0.2) is 42.5 Å². The number of esters is 1. The predicted molar refractivity (Wildman–Crippen MR) is 115 cm³/mol. The Labute approximate surface area is 191 Å². The van der Waals surface area contributed by atoms with Crippen molar-refractivity contribution in [3.8, 4) is 5.88 Å². The number of nitrogens with zero attached hydrogens (tertiary/aromatic N) is 2. The molecule has 0 radical (unpaired) electrons. The lowest BCUT2D eigenvalue weighted by molar-refractivity contribution is -0.137. The van der Waals surface area contributed by atoms with Crippen molar-refractivity contribution >= 4 is 34.6 Å². The minimum Gasteiger partial charge on any atom is -0.481 e. The highest BCUT2D eigenvalue weighted by molar-refractivity contribution is 6.36. The summed E-state index contributed by atoms with van der Waals surface area (Å²) in [5.41, 5.74) is 0.829. The number of hydrogen-bond acceptors (Lipinski definition) is 5. The molecule has 0 atom stereocenters. The van der Waals surface area contributed by atoms with Crippen LogP contribution in [0.3, 0.4) is 0 Å². The third kappa shape index (κ3) is 4.73. The summed E-state index contributed by atoms with van der Waals surface area (Å²) in [4.78, 5) is 30.2. The number of hydrogen-bond donors (Lipinski definition) is 0. The molecule has 1 amide bonds. The van der Waals surface area contributed by atoms with Gasteiger partial charge in [0.05, 0.1) is 28.8 Å². The normalized spacial score (nSPS) is 13.5. The highest BCUT2D eigenvalue weighted by atomic mass is 35.5. The average molecular weight is 479 g/mol. The van der Waals surface area contributed by atoms with Gasteiger partial charge in [-0.05, 0) is 42.3 Å². The van der Waals surface area contributed by atoms with Crippen LogP contribution in [0.2, 0.25) is 5.02 Å². The highest BCUT2D eigenvalue weighted by Crippen LogP contribution is 2.35. The third-order valence-corrected chi connectivity index (χ3v) is 5.80. The largest absolute Gasteiger partial charge is 0.481 e. The molecule has 0 spiro atoms. The SMILES string of the molecule is COc1nc2ccc(C(=O)OC(=O)N3CCC3)cc2c(Cl)c1Cc1ccc(C(F)(F)F)cc1. The smallest absolute Gasteiger partial charge is 0.417 e. The number of alkyl halides is 3. The van der Waals surface area contributed by atoms with Crippen LogP contribution >= 0.6 is 11.6 Å². The van der Waals surface area contributed by atoms with E-state index in [0.717, 1.165) is 18.6 Å². The second-order valence-electron chi connectivity index (χ2n) is 7.51. The van der Waals surface area contributed by atoms with Crippen molar-refractivity contribution in [3.05, 3.63) is 69.7 Å². The number of halogens is 4. The van der Waals surface area contributed by atoms with Crippen LogP contribution in [0, 0.1) is 0 Å². The van der Waals surface area contributed by atoms with E-state index in [4.69, 9.17) is 21.1 Å². The number of carbonyl (C=O) groups excluding carboxylic acids is 2. The monoisotopic (exact) mass is 478 g/mol. The van der Waals surface area contributed by atoms with E-state index in [2.05, 4.69) is 4.98 Å². The van der Waals surface area contributed by atoms with Gasteiger partial charge in [-0.2, -0.15) is 13.2 Å². The van der Waals surface area contributed by atoms with Crippen molar-refractivity contribution < 1.29 is 32.2 Å². The molecular weight excluding hydrogens is 461 g/mol. The fourth-order valence-corrected chi connectivity index (χ4v) is 3.71. The van der Waals surface area contributed by atoms with E-state index in [-0.39, 0.29) is 22.9 Å². The zero-order valence-corrected chi connectivity index (χ0v) is 18.2. The number of amides is 1. The van der Waals surface area contributed by atoms with Gasteiger partial charge in [-0.25, -0.2) is 14.6 Å². The zero-order chi connectivity index (χ0) is 23.8. The minimum atomic E-state index is -4.43. The predicted octanol–water partition coefficient (Wildman–Crippen LogP) is 5.49. The van der Waals surface area contributed by atoms with E-state index >= 15 is 0 Å². The lowest BCUT2D eigenvalue weighted by atomic mass is 10.0. The van der Waals surface area contributed by atoms with Gasteiger partial charge >= 0.3 is 18.2 Å². The van der Waals surface area contributed by atoms with Crippen molar-refractivity contribution in [2.45, 2.75) is 19.0 Å². The van der Waals surface area contributed by atoms with Gasteiger partial charge in [0.25, 0.3) is 0 Å². The van der Waals surface area contributed by atoms with Gasteiger partial charge in [0.1, 0.15) is 0 Å². The maximum Gasteiger partial charge on any atom is 0.417 e. The molecular formula is C23H18ClF3N2O4. The second kappa shape index (κ2) is 8.90. The molecule has 6 nitrogen and oxygen atoms in total. The van der Waals surface area contributed by atoms with E-state index in [1.54, 1.807) is 6.07 Å². The summed E-state index contributed by atoms with van der Waals surface area (Å²) in [5, 5.41) is 0.658. The first-order valence-electron chi connectivity index (χ1n) is 10.0. The van der Waals surface area contributed by atoms with Crippen molar-refractivity contribution in [1.82, 2.24) is 9.88 Å². The van der Waals surface area contributed by atoms with Crippen molar-refractivity contribution in [3.63, 3.8) is 0 Å². The summed E-state index contributed by atoms with van der Waals surface area (Å²) in [6, 6.07) is 9.19.